The van der Waals surface area contributed by atoms with Crippen molar-refractivity contribution in [2.75, 3.05) is 26.3 Å². The number of hydrogen-bond donors (Lipinski definition) is 6. The number of fused-ring (bicyclic) bond motifs is 3. The van der Waals surface area contributed by atoms with Crippen LogP contribution in [0.1, 0.15) is 125 Å². The van der Waals surface area contributed by atoms with Gasteiger partial charge in [-0.05, 0) is 169 Å². The van der Waals surface area contributed by atoms with Crippen LogP contribution in [-0.4, -0.2) is 99.8 Å². The number of allylic oxidation sites excluding steroid dienone is 7. The normalized spacial score (nSPS) is 17.5. The number of ether oxygens (including phenoxy) is 5. The van der Waals surface area contributed by atoms with E-state index >= 15 is 0 Å². The molecule has 0 bridgehead atoms. The molecule has 5 aromatic carbocycles. The minimum Gasteiger partial charge on any atom is -0.489 e. The van der Waals surface area contributed by atoms with Gasteiger partial charge in [-0.1, -0.05) is 140 Å². The fraction of sp³-hybridized carbons (Fsp3) is 0.387. The largest absolute Gasteiger partial charge is 0.489 e. The minimum absolute atomic E-state index is 0.0220. The van der Waals surface area contributed by atoms with Crippen molar-refractivity contribution in [3.63, 3.8) is 0 Å². The number of unbranched alkanes of at least 4 members (excludes halogenated alkanes) is 1. The van der Waals surface area contributed by atoms with Crippen molar-refractivity contribution in [3.05, 3.63) is 197 Å². The van der Waals surface area contributed by atoms with Gasteiger partial charge in [0.1, 0.15) is 59.8 Å². The zero-order valence-electron chi connectivity index (χ0n) is 56.0. The average molecular weight is 1310 g/mol. The summed E-state index contributed by atoms with van der Waals surface area (Å²) in [4.78, 5) is 74.8. The SMILES string of the molecule is C=CC[C@H](NC(=O)[C@@H](CCCN=C(N)NS(=O)(=O)c1c(C)c(C)c2c(c1C)CCC(C)(C)O2)NC(=O)[C@@H](CCCCNC(=O)OC(C)(C)C)NC(=O)COC1=C(c2c(OC/C=C/c3ccccc3)ccc3ccccc23)[C@@]2(C)C=CC=C[C@H]2C=C1)C(=O)OCc1ccccc1. The number of nitrogens with one attached hydrogen (secondary N) is 5. The van der Waals surface area contributed by atoms with Gasteiger partial charge < -0.3 is 50.7 Å². The highest BCUT2D eigenvalue weighted by molar-refractivity contribution is 7.90. The van der Waals surface area contributed by atoms with Gasteiger partial charge in [-0.25, -0.2) is 22.7 Å². The summed E-state index contributed by atoms with van der Waals surface area (Å²) in [5.41, 5.74) is 10.4. The topological polar surface area (TPSA) is 264 Å². The third-order valence-electron chi connectivity index (χ3n) is 17.0. The van der Waals surface area contributed by atoms with Gasteiger partial charge in [0.25, 0.3) is 15.9 Å². The molecule has 3 aliphatic rings. The Kier molecular flexibility index (Phi) is 24.2. The first kappa shape index (κ1) is 71.4. The van der Waals surface area contributed by atoms with Crippen molar-refractivity contribution in [2.45, 2.75) is 155 Å². The molecule has 0 saturated carbocycles. The Balaban J connectivity index is 1.05. The molecule has 2 aliphatic carbocycles. The Labute approximate surface area is 558 Å². The predicted molar refractivity (Wildman–Crippen MR) is 371 cm³/mol. The van der Waals surface area contributed by atoms with Crippen LogP contribution in [0.5, 0.6) is 11.5 Å². The number of nitrogens with zero attached hydrogens (tertiary/aromatic N) is 1. The smallest absolute Gasteiger partial charge is 0.407 e. The van der Waals surface area contributed by atoms with Crippen LogP contribution in [0, 0.1) is 32.1 Å². The van der Waals surface area contributed by atoms with Crippen LogP contribution in [0.4, 0.5) is 4.79 Å². The van der Waals surface area contributed by atoms with Crippen LogP contribution in [0.15, 0.2) is 168 Å². The molecule has 4 amide bonds. The van der Waals surface area contributed by atoms with Crippen LogP contribution < -0.4 is 41.2 Å². The molecule has 504 valence electrons. The standard InChI is InChI=1S/C75H91N7O12S/c1-11-26-60(70(86)92-47-53-29-16-13-17-30-53)81-69(85)59(36-24-45-77-71(76)82-95(88,89)67-50(3)49(2)66-56(51(67)4)41-43-74(8,9)93-66)80-68(84)58(35-21-23-44-78-72(87)94-73(5,6)7)79-63(83)48-91-62-40-38-55-33-20-22-42-75(55,10)65(62)64-57-34-19-18-32-54(57)37-39-61(64)90-46-25-31-52-27-14-12-15-28-52/h11-20,22,25,27-34,37-40,42,55,58-60H,1,21,23-24,26,35-36,41,43-48H2,2-10H3,(H,78,87)(H,79,83)(H,80,84)(H,81,85)(H3,76,77,82)/b31-25+/t55-,58+,59+,60-,75-/m0/s1. The Hall–Kier alpha value is -9.43. The van der Waals surface area contributed by atoms with E-state index in [4.69, 9.17) is 29.4 Å². The highest BCUT2D eigenvalue weighted by atomic mass is 32.2. The molecule has 19 nitrogen and oxygen atoms in total. The van der Waals surface area contributed by atoms with Crippen LogP contribution in [0.2, 0.25) is 0 Å². The van der Waals surface area contributed by atoms with Gasteiger partial charge >= 0.3 is 12.1 Å². The van der Waals surface area contributed by atoms with Crippen LogP contribution in [0.25, 0.3) is 22.4 Å². The van der Waals surface area contributed by atoms with Crippen molar-refractivity contribution in [2.24, 2.45) is 22.1 Å². The lowest BCUT2D eigenvalue weighted by atomic mass is 9.64. The first-order valence-corrected chi connectivity index (χ1v) is 33.9. The second-order valence-electron chi connectivity index (χ2n) is 25.9. The lowest BCUT2D eigenvalue weighted by molar-refractivity contribution is -0.149. The number of carbonyl (C=O) groups is 5. The maximum atomic E-state index is 14.9. The van der Waals surface area contributed by atoms with Gasteiger partial charge in [0.05, 0.1) is 4.90 Å². The number of rotatable bonds is 29. The van der Waals surface area contributed by atoms with E-state index in [0.29, 0.717) is 59.6 Å². The van der Waals surface area contributed by atoms with E-state index in [2.05, 4.69) is 56.6 Å². The van der Waals surface area contributed by atoms with E-state index in [9.17, 15) is 32.4 Å². The van der Waals surface area contributed by atoms with E-state index in [1.54, 1.807) is 58.9 Å². The van der Waals surface area contributed by atoms with Gasteiger partial charge in [-0.3, -0.25) is 19.4 Å². The van der Waals surface area contributed by atoms with Crippen molar-refractivity contribution >= 4 is 68.2 Å². The highest BCUT2D eigenvalue weighted by Gasteiger charge is 2.42. The van der Waals surface area contributed by atoms with Crippen molar-refractivity contribution < 1.29 is 56.1 Å². The summed E-state index contributed by atoms with van der Waals surface area (Å²) in [6.45, 7) is 20.2. The molecular weight excluding hydrogens is 1220 g/mol. The van der Waals surface area contributed by atoms with E-state index in [1.165, 1.54) is 6.08 Å². The molecule has 0 fully saturated rings. The number of sulfonamides is 1. The molecule has 5 atom stereocenters. The summed E-state index contributed by atoms with van der Waals surface area (Å²) < 4.78 is 61.3. The molecule has 20 heteroatoms. The zero-order valence-corrected chi connectivity index (χ0v) is 56.8. The summed E-state index contributed by atoms with van der Waals surface area (Å²) in [6, 6.07) is 27.1. The van der Waals surface area contributed by atoms with Gasteiger partial charge in [-0.15, -0.1) is 6.58 Å². The third kappa shape index (κ3) is 19.1. The fourth-order valence-electron chi connectivity index (χ4n) is 11.9. The number of esters is 1. The Morgan fingerprint density at radius 1 is 0.800 bits per heavy atom. The Morgan fingerprint density at radius 2 is 1.48 bits per heavy atom. The second-order valence-corrected chi connectivity index (χ2v) is 27.5. The molecule has 5 aromatic rings. The first-order valence-electron chi connectivity index (χ1n) is 32.4. The monoisotopic (exact) mass is 1310 g/mol. The predicted octanol–water partition coefficient (Wildman–Crippen LogP) is 11.5. The van der Waals surface area contributed by atoms with Crippen LogP contribution in [0.3, 0.4) is 0 Å². The summed E-state index contributed by atoms with van der Waals surface area (Å²) >= 11 is 0. The first-order chi connectivity index (χ1) is 45.3. The number of nitrogens with two attached hydrogens (primary N) is 1. The second kappa shape index (κ2) is 32.1. The molecule has 0 radical (unpaired) electrons. The molecule has 8 rings (SSSR count). The van der Waals surface area contributed by atoms with E-state index in [0.717, 1.165) is 38.6 Å². The zero-order chi connectivity index (χ0) is 68.5. The highest BCUT2D eigenvalue weighted by Crippen LogP contribution is 2.54. The van der Waals surface area contributed by atoms with Gasteiger partial charge in [0.15, 0.2) is 6.61 Å². The van der Waals surface area contributed by atoms with E-state index in [-0.39, 0.29) is 62.8 Å². The van der Waals surface area contributed by atoms with Crippen molar-refractivity contribution in [1.82, 2.24) is 26.0 Å². The minimum atomic E-state index is -4.26. The molecule has 0 unspecified atom stereocenters. The summed E-state index contributed by atoms with van der Waals surface area (Å²) in [5, 5.41) is 13.1. The number of carbonyl (C=O) groups excluding carboxylic acids is 5. The lowest BCUT2D eigenvalue weighted by Crippen LogP contribution is -2.56. The summed E-state index contributed by atoms with van der Waals surface area (Å²) in [5.74, 6) is -1.69. The molecule has 0 saturated heterocycles. The number of amides is 4. The van der Waals surface area contributed by atoms with Gasteiger partial charge in [-0.2, -0.15) is 0 Å². The molecule has 7 N–H and O–H groups in total. The Bertz CT molecular complexity index is 3920. The molecule has 0 spiro atoms. The molecule has 1 heterocycles. The molecule has 1 aliphatic heterocycles. The fourth-order valence-corrected chi connectivity index (χ4v) is 13.5. The number of alkyl carbamates (subject to hydrolysis) is 1. The number of aliphatic imine (C=N–C) groups is 1. The van der Waals surface area contributed by atoms with Crippen LogP contribution >= 0.6 is 0 Å². The van der Waals surface area contributed by atoms with E-state index < -0.39 is 87.1 Å². The molecular formula is C75H91N7O12S. The maximum absolute atomic E-state index is 14.9. The van der Waals surface area contributed by atoms with Gasteiger partial charge in [0.2, 0.25) is 17.8 Å². The van der Waals surface area contributed by atoms with E-state index in [1.807, 2.05) is 130 Å². The number of hydrogen-bond acceptors (Lipinski definition) is 13. The lowest BCUT2D eigenvalue weighted by Gasteiger charge is -2.40. The van der Waals surface area contributed by atoms with Crippen molar-refractivity contribution in [1.29, 1.82) is 0 Å². The van der Waals surface area contributed by atoms with Gasteiger partial charge in [0, 0.05) is 35.6 Å². The molecule has 0 aromatic heterocycles. The maximum Gasteiger partial charge on any atom is 0.407 e. The van der Waals surface area contributed by atoms with Crippen LogP contribution in [-0.2, 0) is 56.4 Å². The number of guanidine groups is 1. The summed E-state index contributed by atoms with van der Waals surface area (Å²) in [6.07, 6.45) is 18.9. The summed E-state index contributed by atoms with van der Waals surface area (Å²) in [7, 11) is -4.26. The Morgan fingerprint density at radius 3 is 2.21 bits per heavy atom. The average Bonchev–Trinajstić information content (AvgIpc) is 0.742. The molecule has 95 heavy (non-hydrogen) atoms. The number of benzene rings is 5. The van der Waals surface area contributed by atoms with Crippen molar-refractivity contribution in [3.8, 4) is 11.5 Å². The quantitative estimate of drug-likeness (QED) is 0.00856. The third-order valence-corrected chi connectivity index (χ3v) is 18.6.